The average Bonchev–Trinajstić information content (AvgIpc) is 2.57. The number of rotatable bonds is 5. The molecule has 25 heavy (non-hydrogen) atoms. The van der Waals surface area contributed by atoms with Crippen molar-refractivity contribution in [1.82, 2.24) is 9.55 Å². The maximum absolute atomic E-state index is 12.8. The van der Waals surface area contributed by atoms with Gasteiger partial charge in [-0.1, -0.05) is 47.1 Å². The molecular weight excluding hydrogens is 379 g/mol. The predicted octanol–water partition coefficient (Wildman–Crippen LogP) is 4.38. The van der Waals surface area contributed by atoms with Crippen molar-refractivity contribution in [3.63, 3.8) is 0 Å². The van der Waals surface area contributed by atoms with Crippen LogP contribution in [0.1, 0.15) is 12.5 Å². The van der Waals surface area contributed by atoms with E-state index in [0.717, 1.165) is 5.56 Å². The van der Waals surface area contributed by atoms with Crippen LogP contribution < -0.4 is 5.56 Å². The molecule has 0 fully saturated rings. The second-order valence-electron chi connectivity index (χ2n) is 5.74. The van der Waals surface area contributed by atoms with E-state index in [2.05, 4.69) is 4.98 Å². The van der Waals surface area contributed by atoms with Crippen LogP contribution in [-0.4, -0.2) is 20.8 Å². The van der Waals surface area contributed by atoms with E-state index in [-0.39, 0.29) is 12.1 Å². The minimum Gasteiger partial charge on any atom is -0.392 e. The zero-order chi connectivity index (χ0) is 18.0. The number of nitrogens with zero attached hydrogens (tertiary/aromatic N) is 2. The van der Waals surface area contributed by atoms with Gasteiger partial charge in [-0.3, -0.25) is 9.36 Å². The van der Waals surface area contributed by atoms with Crippen LogP contribution in [-0.2, 0) is 12.3 Å². The van der Waals surface area contributed by atoms with Gasteiger partial charge >= 0.3 is 0 Å². The molecule has 1 atom stereocenters. The standard InChI is InChI=1S/C18H16Cl2N2O2S/c1-11(23)9-22-17(24)15-7-6-14(20)8-16(15)21-18(22)25-10-12-2-4-13(19)5-3-12/h2-8,11,23H,9-10H2,1H3/t11-/m0/s1. The van der Waals surface area contributed by atoms with Gasteiger partial charge in [-0.25, -0.2) is 4.98 Å². The first-order chi connectivity index (χ1) is 11.9. The number of hydrogen-bond acceptors (Lipinski definition) is 4. The van der Waals surface area contributed by atoms with Crippen molar-refractivity contribution in [2.75, 3.05) is 0 Å². The molecule has 0 unspecified atom stereocenters. The third kappa shape index (κ3) is 4.36. The Kier molecular flexibility index (Phi) is 5.69. The first kappa shape index (κ1) is 18.3. The first-order valence-electron chi connectivity index (χ1n) is 7.69. The molecule has 7 heteroatoms. The number of hydrogen-bond donors (Lipinski definition) is 1. The summed E-state index contributed by atoms with van der Waals surface area (Å²) in [7, 11) is 0. The monoisotopic (exact) mass is 394 g/mol. The van der Waals surface area contributed by atoms with E-state index >= 15 is 0 Å². The maximum atomic E-state index is 12.8. The Bertz CT molecular complexity index is 956. The Hall–Kier alpha value is -1.53. The van der Waals surface area contributed by atoms with Crippen LogP contribution in [0.25, 0.3) is 10.9 Å². The molecule has 1 heterocycles. The molecule has 0 spiro atoms. The Morgan fingerprint density at radius 1 is 1.16 bits per heavy atom. The summed E-state index contributed by atoms with van der Waals surface area (Å²) in [5.41, 5.74) is 1.44. The lowest BCUT2D eigenvalue weighted by Crippen LogP contribution is -2.27. The lowest BCUT2D eigenvalue weighted by atomic mass is 10.2. The molecule has 0 radical (unpaired) electrons. The molecule has 0 amide bonds. The summed E-state index contributed by atoms with van der Waals surface area (Å²) >= 11 is 13.4. The molecular formula is C18H16Cl2N2O2S. The summed E-state index contributed by atoms with van der Waals surface area (Å²) in [6.45, 7) is 1.83. The summed E-state index contributed by atoms with van der Waals surface area (Å²) in [6.07, 6.45) is -0.654. The fraction of sp³-hybridized carbons (Fsp3) is 0.222. The largest absolute Gasteiger partial charge is 0.392 e. The molecule has 0 aliphatic heterocycles. The lowest BCUT2D eigenvalue weighted by Gasteiger charge is -2.14. The first-order valence-corrected chi connectivity index (χ1v) is 9.43. The maximum Gasteiger partial charge on any atom is 0.262 e. The van der Waals surface area contributed by atoms with E-state index in [0.29, 0.717) is 31.9 Å². The van der Waals surface area contributed by atoms with Crippen LogP contribution in [0.3, 0.4) is 0 Å². The number of fused-ring (bicyclic) bond motifs is 1. The average molecular weight is 395 g/mol. The molecule has 0 saturated carbocycles. The van der Waals surface area contributed by atoms with E-state index in [9.17, 15) is 9.90 Å². The second-order valence-corrected chi connectivity index (χ2v) is 7.55. The van der Waals surface area contributed by atoms with Gasteiger partial charge in [0, 0.05) is 15.8 Å². The second kappa shape index (κ2) is 7.79. The Morgan fingerprint density at radius 2 is 1.84 bits per heavy atom. The number of thioether (sulfide) groups is 1. The van der Waals surface area contributed by atoms with Gasteiger partial charge in [0.05, 0.1) is 23.6 Å². The third-order valence-corrected chi connectivity index (χ3v) is 5.14. The summed E-state index contributed by atoms with van der Waals surface area (Å²) < 4.78 is 1.52. The molecule has 130 valence electrons. The Morgan fingerprint density at radius 3 is 2.52 bits per heavy atom. The van der Waals surface area contributed by atoms with Gasteiger partial charge in [0.25, 0.3) is 5.56 Å². The van der Waals surface area contributed by atoms with Crippen LogP contribution in [0.5, 0.6) is 0 Å². The minimum absolute atomic E-state index is 0.179. The lowest BCUT2D eigenvalue weighted by molar-refractivity contribution is 0.168. The van der Waals surface area contributed by atoms with Crippen LogP contribution in [0.15, 0.2) is 52.4 Å². The van der Waals surface area contributed by atoms with Gasteiger partial charge in [0.15, 0.2) is 5.16 Å². The molecule has 3 rings (SSSR count). The number of aromatic nitrogens is 2. The summed E-state index contributed by atoms with van der Waals surface area (Å²) in [5, 5.41) is 12.0. The topological polar surface area (TPSA) is 55.1 Å². The predicted molar refractivity (Wildman–Crippen MR) is 104 cm³/mol. The van der Waals surface area contributed by atoms with Crippen LogP contribution in [0.2, 0.25) is 10.0 Å². The van der Waals surface area contributed by atoms with Gasteiger partial charge in [-0.05, 0) is 42.8 Å². The fourth-order valence-electron chi connectivity index (χ4n) is 2.44. The Balaban J connectivity index is 2.01. The van der Waals surface area contributed by atoms with Crippen molar-refractivity contribution >= 4 is 45.9 Å². The number of aliphatic hydroxyl groups excluding tert-OH is 1. The van der Waals surface area contributed by atoms with Gasteiger partial charge < -0.3 is 5.11 Å². The highest BCUT2D eigenvalue weighted by Gasteiger charge is 2.14. The fourth-order valence-corrected chi connectivity index (χ4v) is 3.69. The van der Waals surface area contributed by atoms with Crippen LogP contribution >= 0.6 is 35.0 Å². The van der Waals surface area contributed by atoms with Crippen LogP contribution in [0.4, 0.5) is 0 Å². The van der Waals surface area contributed by atoms with E-state index in [1.165, 1.54) is 16.3 Å². The normalized spacial score (nSPS) is 12.5. The summed E-state index contributed by atoms with van der Waals surface area (Å²) in [5.74, 6) is 0.634. The molecule has 1 N–H and O–H groups in total. The SMILES string of the molecule is C[C@H](O)Cn1c(SCc2ccc(Cl)cc2)nc2cc(Cl)ccc2c1=O. The third-order valence-electron chi connectivity index (χ3n) is 3.61. The van der Waals surface area contributed by atoms with E-state index in [4.69, 9.17) is 23.2 Å². The highest BCUT2D eigenvalue weighted by atomic mass is 35.5. The van der Waals surface area contributed by atoms with Crippen molar-refractivity contribution in [3.8, 4) is 0 Å². The van der Waals surface area contributed by atoms with Crippen molar-refractivity contribution in [3.05, 3.63) is 68.4 Å². The summed E-state index contributed by atoms with van der Waals surface area (Å²) in [6, 6.07) is 12.5. The van der Waals surface area contributed by atoms with E-state index in [1.54, 1.807) is 25.1 Å². The van der Waals surface area contributed by atoms with Crippen molar-refractivity contribution < 1.29 is 5.11 Å². The zero-order valence-corrected chi connectivity index (χ0v) is 15.8. The van der Waals surface area contributed by atoms with Crippen molar-refractivity contribution in [1.29, 1.82) is 0 Å². The number of benzene rings is 2. The van der Waals surface area contributed by atoms with Gasteiger partial charge in [-0.2, -0.15) is 0 Å². The van der Waals surface area contributed by atoms with Crippen molar-refractivity contribution in [2.45, 2.75) is 30.5 Å². The Labute approximate surface area is 159 Å². The quantitative estimate of drug-likeness (QED) is 0.515. The minimum atomic E-state index is -0.654. The van der Waals surface area contributed by atoms with E-state index < -0.39 is 6.10 Å². The van der Waals surface area contributed by atoms with Crippen LogP contribution in [0, 0.1) is 0 Å². The smallest absolute Gasteiger partial charge is 0.262 e. The molecule has 4 nitrogen and oxygen atoms in total. The summed E-state index contributed by atoms with van der Waals surface area (Å²) in [4.78, 5) is 17.4. The molecule has 0 aliphatic rings. The molecule has 3 aromatic rings. The number of aliphatic hydroxyl groups is 1. The highest BCUT2D eigenvalue weighted by molar-refractivity contribution is 7.98. The molecule has 2 aromatic carbocycles. The van der Waals surface area contributed by atoms with Gasteiger partial charge in [-0.15, -0.1) is 0 Å². The highest BCUT2D eigenvalue weighted by Crippen LogP contribution is 2.24. The van der Waals surface area contributed by atoms with Gasteiger partial charge in [0.2, 0.25) is 0 Å². The van der Waals surface area contributed by atoms with Crippen molar-refractivity contribution in [2.24, 2.45) is 0 Å². The molecule has 1 aromatic heterocycles. The molecule has 0 saturated heterocycles. The number of halogens is 2. The molecule has 0 bridgehead atoms. The molecule has 0 aliphatic carbocycles. The van der Waals surface area contributed by atoms with Gasteiger partial charge in [0.1, 0.15) is 0 Å². The zero-order valence-electron chi connectivity index (χ0n) is 13.4. The van der Waals surface area contributed by atoms with E-state index in [1.807, 2.05) is 24.3 Å².